The fourth-order valence-corrected chi connectivity index (χ4v) is 2.98. The Labute approximate surface area is 153 Å². The highest BCUT2D eigenvalue weighted by Crippen LogP contribution is 2.15. The van der Waals surface area contributed by atoms with Gasteiger partial charge in [-0.2, -0.15) is 5.26 Å². The van der Waals surface area contributed by atoms with Crippen LogP contribution in [0.25, 0.3) is 10.8 Å². The molecule has 0 radical (unpaired) electrons. The summed E-state index contributed by atoms with van der Waals surface area (Å²) in [5.74, 6) is -0.0917. The third-order valence-corrected chi connectivity index (χ3v) is 4.73. The van der Waals surface area contributed by atoms with Crippen LogP contribution in [0.2, 0.25) is 0 Å². The largest absolute Gasteiger partial charge is 0.324 e. The number of para-hydroxylation sites is 1. The molecule has 0 fully saturated rings. The van der Waals surface area contributed by atoms with E-state index in [1.807, 2.05) is 32.2 Å². The molecule has 130 valence electrons. The number of benzene rings is 3. The fraction of sp³-hybridized carbons (Fsp3) is 0.182. The first-order chi connectivity index (χ1) is 12.6. The van der Waals surface area contributed by atoms with Crippen molar-refractivity contribution in [3.63, 3.8) is 0 Å². The van der Waals surface area contributed by atoms with Gasteiger partial charge < -0.3 is 10.2 Å². The maximum atomic E-state index is 12.6. The summed E-state index contributed by atoms with van der Waals surface area (Å²) in [7, 11) is 2.01. The molecular formula is C22H22N3O+. The van der Waals surface area contributed by atoms with E-state index in [1.54, 1.807) is 18.2 Å². The minimum absolute atomic E-state index is 0.0917. The molecule has 3 rings (SSSR count). The third kappa shape index (κ3) is 3.90. The van der Waals surface area contributed by atoms with E-state index < -0.39 is 0 Å². The van der Waals surface area contributed by atoms with Gasteiger partial charge >= 0.3 is 0 Å². The molecule has 2 N–H and O–H groups in total. The number of rotatable bonds is 5. The predicted molar refractivity (Wildman–Crippen MR) is 104 cm³/mol. The molecule has 0 spiro atoms. The second kappa shape index (κ2) is 7.81. The SMILES string of the molecule is C[C@@H](C(=O)Nc1ccccc1C#N)[NH+](C)Cc1ccc2ccccc2c1. The molecule has 4 nitrogen and oxygen atoms in total. The van der Waals surface area contributed by atoms with Crippen molar-refractivity contribution in [2.75, 3.05) is 12.4 Å². The molecule has 4 heteroatoms. The maximum absolute atomic E-state index is 12.6. The Kier molecular flexibility index (Phi) is 5.31. The molecule has 3 aromatic carbocycles. The van der Waals surface area contributed by atoms with Gasteiger partial charge in [0.1, 0.15) is 12.6 Å². The van der Waals surface area contributed by atoms with Gasteiger partial charge in [-0.05, 0) is 35.9 Å². The highest BCUT2D eigenvalue weighted by Gasteiger charge is 2.22. The van der Waals surface area contributed by atoms with Gasteiger partial charge in [-0.15, -0.1) is 0 Å². The first-order valence-electron chi connectivity index (χ1n) is 8.68. The number of carbonyl (C=O) groups excluding carboxylic acids is 1. The summed E-state index contributed by atoms with van der Waals surface area (Å²) >= 11 is 0. The van der Waals surface area contributed by atoms with Crippen molar-refractivity contribution in [3.05, 3.63) is 77.9 Å². The van der Waals surface area contributed by atoms with E-state index in [2.05, 4.69) is 41.7 Å². The van der Waals surface area contributed by atoms with Crippen LogP contribution in [0.5, 0.6) is 0 Å². The summed E-state index contributed by atoms with van der Waals surface area (Å²) in [6, 6.07) is 23.6. The number of nitrogens with one attached hydrogen (secondary N) is 2. The van der Waals surface area contributed by atoms with Crippen LogP contribution in [0, 0.1) is 11.3 Å². The standard InChI is InChI=1S/C22H21N3O/c1-16(22(26)24-21-10-6-5-9-20(21)14-23)25(2)15-17-11-12-18-7-3-4-8-19(18)13-17/h3-13,16H,15H2,1-2H3,(H,24,26)/p+1/t16-/m0/s1. The Balaban J connectivity index is 1.69. The van der Waals surface area contributed by atoms with Crippen LogP contribution in [0.1, 0.15) is 18.1 Å². The van der Waals surface area contributed by atoms with Crippen molar-refractivity contribution >= 4 is 22.4 Å². The summed E-state index contributed by atoms with van der Waals surface area (Å²) in [6.45, 7) is 2.65. The topological polar surface area (TPSA) is 57.3 Å². The van der Waals surface area contributed by atoms with Crippen LogP contribution in [-0.4, -0.2) is 19.0 Å². The molecule has 0 saturated heterocycles. The normalized spacial score (nSPS) is 13.0. The molecule has 0 aliphatic heterocycles. The summed E-state index contributed by atoms with van der Waals surface area (Å²) < 4.78 is 0. The lowest BCUT2D eigenvalue weighted by Crippen LogP contribution is -3.12. The monoisotopic (exact) mass is 344 g/mol. The third-order valence-electron chi connectivity index (χ3n) is 4.73. The molecule has 0 aliphatic carbocycles. The van der Waals surface area contributed by atoms with E-state index >= 15 is 0 Å². The van der Waals surface area contributed by atoms with Crippen molar-refractivity contribution in [2.24, 2.45) is 0 Å². The van der Waals surface area contributed by atoms with Gasteiger partial charge in [0.25, 0.3) is 5.91 Å². The average molecular weight is 344 g/mol. The fourth-order valence-electron chi connectivity index (χ4n) is 2.98. The summed E-state index contributed by atoms with van der Waals surface area (Å²) in [6.07, 6.45) is 0. The highest BCUT2D eigenvalue weighted by molar-refractivity contribution is 5.94. The quantitative estimate of drug-likeness (QED) is 0.748. The van der Waals surface area contributed by atoms with Crippen molar-refractivity contribution in [1.82, 2.24) is 0 Å². The maximum Gasteiger partial charge on any atom is 0.282 e. The van der Waals surface area contributed by atoms with Crippen molar-refractivity contribution in [3.8, 4) is 6.07 Å². The lowest BCUT2D eigenvalue weighted by Gasteiger charge is -2.21. The van der Waals surface area contributed by atoms with Gasteiger partial charge in [-0.3, -0.25) is 4.79 Å². The van der Waals surface area contributed by atoms with Gasteiger partial charge in [0.05, 0.1) is 18.3 Å². The van der Waals surface area contributed by atoms with E-state index in [9.17, 15) is 4.79 Å². The number of carbonyl (C=O) groups is 1. The van der Waals surface area contributed by atoms with Gasteiger partial charge in [-0.25, -0.2) is 0 Å². The highest BCUT2D eigenvalue weighted by atomic mass is 16.2. The van der Waals surface area contributed by atoms with E-state index in [0.717, 1.165) is 11.4 Å². The number of quaternary nitrogens is 1. The number of amides is 1. The van der Waals surface area contributed by atoms with Gasteiger partial charge in [0, 0.05) is 5.56 Å². The second-order valence-corrected chi connectivity index (χ2v) is 6.57. The second-order valence-electron chi connectivity index (χ2n) is 6.57. The first kappa shape index (κ1) is 17.7. The van der Waals surface area contributed by atoms with E-state index in [4.69, 9.17) is 5.26 Å². The molecule has 0 aliphatic rings. The van der Waals surface area contributed by atoms with Crippen LogP contribution in [0.15, 0.2) is 66.7 Å². The molecule has 0 heterocycles. The Morgan fingerprint density at radius 2 is 1.77 bits per heavy atom. The number of nitriles is 1. The minimum atomic E-state index is -0.242. The van der Waals surface area contributed by atoms with Crippen molar-refractivity contribution in [1.29, 1.82) is 5.26 Å². The number of hydrogen-bond acceptors (Lipinski definition) is 2. The van der Waals surface area contributed by atoms with Crippen LogP contribution in [0.4, 0.5) is 5.69 Å². The van der Waals surface area contributed by atoms with E-state index in [0.29, 0.717) is 11.3 Å². The van der Waals surface area contributed by atoms with Crippen molar-refractivity contribution in [2.45, 2.75) is 19.5 Å². The van der Waals surface area contributed by atoms with Crippen LogP contribution < -0.4 is 10.2 Å². The van der Waals surface area contributed by atoms with Crippen molar-refractivity contribution < 1.29 is 9.69 Å². The van der Waals surface area contributed by atoms with E-state index in [-0.39, 0.29) is 11.9 Å². The smallest absolute Gasteiger partial charge is 0.282 e. The molecule has 26 heavy (non-hydrogen) atoms. The van der Waals surface area contributed by atoms with E-state index in [1.165, 1.54) is 16.3 Å². The number of likely N-dealkylation sites (N-methyl/N-ethyl adjacent to an activating group) is 1. The van der Waals surface area contributed by atoms with Gasteiger partial charge in [-0.1, -0.05) is 48.5 Å². The number of anilines is 1. The first-order valence-corrected chi connectivity index (χ1v) is 8.68. The van der Waals surface area contributed by atoms with Crippen LogP contribution in [0.3, 0.4) is 0 Å². The van der Waals surface area contributed by atoms with Gasteiger partial charge in [0.15, 0.2) is 6.04 Å². The molecular weight excluding hydrogens is 322 g/mol. The molecule has 2 atom stereocenters. The lowest BCUT2D eigenvalue weighted by atomic mass is 10.1. The zero-order chi connectivity index (χ0) is 18.5. The van der Waals surface area contributed by atoms with Gasteiger partial charge in [0.2, 0.25) is 0 Å². The Morgan fingerprint density at radius 1 is 1.08 bits per heavy atom. The molecule has 1 amide bonds. The Morgan fingerprint density at radius 3 is 2.54 bits per heavy atom. The average Bonchev–Trinajstić information content (AvgIpc) is 2.67. The number of fused-ring (bicyclic) bond motifs is 1. The number of hydrogen-bond donors (Lipinski definition) is 2. The molecule has 3 aromatic rings. The number of nitrogens with zero attached hydrogens (tertiary/aromatic N) is 1. The molecule has 0 saturated carbocycles. The minimum Gasteiger partial charge on any atom is -0.324 e. The zero-order valence-electron chi connectivity index (χ0n) is 15.0. The predicted octanol–water partition coefficient (Wildman–Crippen LogP) is 2.75. The molecule has 0 aromatic heterocycles. The molecule has 0 bridgehead atoms. The molecule has 1 unspecified atom stereocenters. The summed E-state index contributed by atoms with van der Waals surface area (Å²) in [5, 5.41) is 14.5. The van der Waals surface area contributed by atoms with Crippen LogP contribution in [-0.2, 0) is 11.3 Å². The summed E-state index contributed by atoms with van der Waals surface area (Å²) in [5.41, 5.74) is 2.23. The summed E-state index contributed by atoms with van der Waals surface area (Å²) in [4.78, 5) is 13.7. The Hall–Kier alpha value is -3.16. The Bertz CT molecular complexity index is 974. The lowest BCUT2D eigenvalue weighted by molar-refractivity contribution is -0.907. The zero-order valence-corrected chi connectivity index (χ0v) is 15.0. The van der Waals surface area contributed by atoms with Crippen LogP contribution >= 0.6 is 0 Å².